The van der Waals surface area contributed by atoms with Crippen LogP contribution < -0.4 is 4.74 Å². The number of alkyl halides is 1. The number of ether oxygens (including phenoxy) is 1. The van der Waals surface area contributed by atoms with Gasteiger partial charge in [0.15, 0.2) is 9.84 Å². The first kappa shape index (κ1) is 15.3. The van der Waals surface area contributed by atoms with Crippen LogP contribution in [0.2, 0.25) is 0 Å². The zero-order chi connectivity index (χ0) is 13.8. The van der Waals surface area contributed by atoms with E-state index in [1.165, 1.54) is 0 Å². The van der Waals surface area contributed by atoms with E-state index in [-0.39, 0.29) is 17.6 Å². The molecule has 0 amide bonds. The molecule has 1 aromatic carbocycles. The number of hydrogen-bond donors (Lipinski definition) is 0. The molecular weight excluding hydrogens is 272 g/mol. The highest BCUT2D eigenvalue weighted by Gasteiger charge is 2.16. The minimum absolute atomic E-state index is 0.0280. The Labute approximate surface area is 114 Å². The van der Waals surface area contributed by atoms with E-state index in [1.807, 2.05) is 25.1 Å². The Kier molecular flexibility index (Phi) is 5.47. The van der Waals surface area contributed by atoms with Crippen LogP contribution in [0.4, 0.5) is 0 Å². The summed E-state index contributed by atoms with van der Waals surface area (Å²) in [7, 11) is -3.05. The van der Waals surface area contributed by atoms with Crippen molar-refractivity contribution in [1.82, 2.24) is 0 Å². The highest BCUT2D eigenvalue weighted by atomic mass is 35.5. The first-order valence-corrected chi connectivity index (χ1v) is 8.11. The summed E-state index contributed by atoms with van der Waals surface area (Å²) in [4.78, 5) is 0. The molecule has 1 aromatic rings. The smallest absolute Gasteiger partial charge is 0.155 e. The third kappa shape index (κ3) is 4.18. The molecule has 0 atom stereocenters. The Hall–Kier alpha value is -0.740. The van der Waals surface area contributed by atoms with Crippen molar-refractivity contribution >= 4 is 21.4 Å². The Morgan fingerprint density at radius 1 is 1.33 bits per heavy atom. The molecule has 0 aliphatic carbocycles. The highest BCUT2D eigenvalue weighted by Crippen LogP contribution is 2.21. The summed E-state index contributed by atoms with van der Waals surface area (Å²) in [5.74, 6) is 1.04. The van der Waals surface area contributed by atoms with Crippen LogP contribution in [-0.4, -0.2) is 26.0 Å². The monoisotopic (exact) mass is 290 g/mol. The molecule has 18 heavy (non-hydrogen) atoms. The third-order valence-corrected chi connectivity index (χ3v) is 5.16. The molecular formula is C13H19ClO3S. The summed E-state index contributed by atoms with van der Waals surface area (Å²) < 4.78 is 28.8. The number of sulfone groups is 1. The van der Waals surface area contributed by atoms with Crippen LogP contribution in [0.15, 0.2) is 18.2 Å². The number of halogens is 1. The van der Waals surface area contributed by atoms with Gasteiger partial charge in [-0.25, -0.2) is 8.42 Å². The molecule has 0 unspecified atom stereocenters. The van der Waals surface area contributed by atoms with Crippen LogP contribution in [0.5, 0.6) is 5.75 Å². The second kappa shape index (κ2) is 6.43. The first-order valence-electron chi connectivity index (χ1n) is 5.86. The minimum Gasteiger partial charge on any atom is -0.492 e. The molecule has 0 aromatic heterocycles. The van der Waals surface area contributed by atoms with Gasteiger partial charge < -0.3 is 4.74 Å². The Morgan fingerprint density at radius 2 is 2.00 bits per heavy atom. The Morgan fingerprint density at radius 3 is 2.56 bits per heavy atom. The molecule has 3 nitrogen and oxygen atoms in total. The van der Waals surface area contributed by atoms with Gasteiger partial charge in [-0.05, 0) is 26.8 Å². The van der Waals surface area contributed by atoms with Gasteiger partial charge in [-0.3, -0.25) is 0 Å². The maximum absolute atomic E-state index is 11.6. The fourth-order valence-electron chi connectivity index (χ4n) is 1.46. The Bertz CT molecular complexity index is 495. The van der Waals surface area contributed by atoms with Crippen molar-refractivity contribution in [2.75, 3.05) is 12.4 Å². The highest BCUT2D eigenvalue weighted by molar-refractivity contribution is 7.91. The van der Waals surface area contributed by atoms with E-state index >= 15 is 0 Å². The summed E-state index contributed by atoms with van der Waals surface area (Å²) in [6.07, 6.45) is 0. The lowest BCUT2D eigenvalue weighted by Gasteiger charge is -2.12. The van der Waals surface area contributed by atoms with Crippen molar-refractivity contribution in [2.24, 2.45) is 0 Å². The van der Waals surface area contributed by atoms with Gasteiger partial charge in [-0.1, -0.05) is 17.7 Å². The van der Waals surface area contributed by atoms with Gasteiger partial charge >= 0.3 is 0 Å². The number of rotatable bonds is 6. The second-order valence-corrected chi connectivity index (χ2v) is 7.45. The molecule has 0 spiro atoms. The molecule has 0 saturated carbocycles. The van der Waals surface area contributed by atoms with Crippen LogP contribution in [-0.2, 0) is 15.7 Å². The van der Waals surface area contributed by atoms with E-state index in [1.54, 1.807) is 13.8 Å². The molecule has 0 fully saturated rings. The molecule has 0 saturated heterocycles. The van der Waals surface area contributed by atoms with Gasteiger partial charge in [0.25, 0.3) is 0 Å². The molecule has 0 N–H and O–H groups in total. The van der Waals surface area contributed by atoms with Gasteiger partial charge in [0.05, 0.1) is 16.9 Å². The predicted molar refractivity (Wildman–Crippen MR) is 75.2 cm³/mol. The minimum atomic E-state index is -3.05. The lowest BCUT2D eigenvalue weighted by Crippen LogP contribution is -2.22. The maximum atomic E-state index is 11.6. The molecule has 0 aliphatic heterocycles. The zero-order valence-electron chi connectivity index (χ0n) is 10.9. The summed E-state index contributed by atoms with van der Waals surface area (Å²) in [5, 5.41) is -0.369. The average Bonchev–Trinajstić information content (AvgIpc) is 2.30. The van der Waals surface area contributed by atoms with Crippen molar-refractivity contribution in [1.29, 1.82) is 0 Å². The van der Waals surface area contributed by atoms with Crippen LogP contribution in [0, 0.1) is 6.92 Å². The van der Waals surface area contributed by atoms with Crippen molar-refractivity contribution in [2.45, 2.75) is 31.9 Å². The third-order valence-electron chi connectivity index (χ3n) is 2.70. The molecule has 1 rings (SSSR count). The van der Waals surface area contributed by atoms with E-state index in [9.17, 15) is 8.42 Å². The zero-order valence-corrected chi connectivity index (χ0v) is 12.5. The van der Waals surface area contributed by atoms with Crippen LogP contribution in [0.25, 0.3) is 0 Å². The normalized spacial score (nSPS) is 11.8. The van der Waals surface area contributed by atoms with Crippen molar-refractivity contribution in [3.8, 4) is 5.75 Å². The maximum Gasteiger partial charge on any atom is 0.155 e. The number of benzene rings is 1. The topological polar surface area (TPSA) is 43.4 Å². The predicted octanol–water partition coefficient (Wildman–Crippen LogP) is 2.94. The summed E-state index contributed by atoms with van der Waals surface area (Å²) in [6, 6.07) is 5.69. The molecule has 0 aliphatic rings. The van der Waals surface area contributed by atoms with E-state index < -0.39 is 9.84 Å². The molecule has 0 heterocycles. The number of hydrogen-bond acceptors (Lipinski definition) is 3. The fraction of sp³-hybridized carbons (Fsp3) is 0.538. The van der Waals surface area contributed by atoms with Crippen molar-refractivity contribution in [3.05, 3.63) is 29.3 Å². The van der Waals surface area contributed by atoms with E-state index in [2.05, 4.69) is 0 Å². The largest absolute Gasteiger partial charge is 0.492 e. The first-order chi connectivity index (χ1) is 8.36. The van der Waals surface area contributed by atoms with E-state index in [0.29, 0.717) is 11.6 Å². The van der Waals surface area contributed by atoms with E-state index in [0.717, 1.165) is 11.1 Å². The van der Waals surface area contributed by atoms with Gasteiger partial charge in [0.2, 0.25) is 0 Å². The SMILES string of the molecule is Cc1ccc(OCCS(=O)(=O)C(C)C)c(CCl)c1. The standard InChI is InChI=1S/C13H19ClO3S/c1-10(2)18(15,16)7-6-17-13-5-4-11(3)8-12(13)9-14/h4-5,8,10H,6-7,9H2,1-3H3. The second-order valence-electron chi connectivity index (χ2n) is 4.51. The van der Waals surface area contributed by atoms with E-state index in [4.69, 9.17) is 16.3 Å². The van der Waals surface area contributed by atoms with Gasteiger partial charge in [-0.15, -0.1) is 11.6 Å². The van der Waals surface area contributed by atoms with Crippen molar-refractivity contribution < 1.29 is 13.2 Å². The Balaban J connectivity index is 2.65. The summed E-state index contributed by atoms with van der Waals surface area (Å²) in [6.45, 7) is 5.48. The lowest BCUT2D eigenvalue weighted by molar-refractivity contribution is 0.338. The molecule has 5 heteroatoms. The van der Waals surface area contributed by atoms with Crippen molar-refractivity contribution in [3.63, 3.8) is 0 Å². The molecule has 102 valence electrons. The van der Waals surface area contributed by atoms with Gasteiger partial charge in [-0.2, -0.15) is 0 Å². The fourth-order valence-corrected chi connectivity index (χ4v) is 2.45. The summed E-state index contributed by atoms with van der Waals surface area (Å²) in [5.41, 5.74) is 1.99. The lowest BCUT2D eigenvalue weighted by atomic mass is 10.1. The van der Waals surface area contributed by atoms with Crippen LogP contribution >= 0.6 is 11.6 Å². The van der Waals surface area contributed by atoms with Crippen LogP contribution in [0.3, 0.4) is 0 Å². The number of aryl methyl sites for hydroxylation is 1. The van der Waals surface area contributed by atoms with Gasteiger partial charge in [0, 0.05) is 5.56 Å². The van der Waals surface area contributed by atoms with Crippen LogP contribution in [0.1, 0.15) is 25.0 Å². The molecule has 0 bridgehead atoms. The quantitative estimate of drug-likeness (QED) is 0.757. The average molecular weight is 291 g/mol. The van der Waals surface area contributed by atoms with Gasteiger partial charge in [0.1, 0.15) is 12.4 Å². The molecule has 0 radical (unpaired) electrons. The summed E-state index contributed by atoms with van der Waals surface area (Å²) >= 11 is 5.83.